The van der Waals surface area contributed by atoms with Gasteiger partial charge in [-0.3, -0.25) is 0 Å². The van der Waals surface area contributed by atoms with Gasteiger partial charge in [0, 0.05) is 26.7 Å². The van der Waals surface area contributed by atoms with Gasteiger partial charge in [-0.2, -0.15) is 0 Å². The first-order chi connectivity index (χ1) is 7.26. The molecular formula is C12H26N2O. The Balaban J connectivity index is 2.07. The van der Waals surface area contributed by atoms with E-state index in [1.165, 1.54) is 25.9 Å². The van der Waals surface area contributed by atoms with Crippen molar-refractivity contribution in [2.24, 2.45) is 5.92 Å². The summed E-state index contributed by atoms with van der Waals surface area (Å²) in [5, 5.41) is 3.48. The van der Waals surface area contributed by atoms with Crippen molar-refractivity contribution in [1.29, 1.82) is 0 Å². The third kappa shape index (κ3) is 4.96. The maximum absolute atomic E-state index is 5.36. The molecule has 0 radical (unpaired) electrons. The number of likely N-dealkylation sites (tertiary alicyclic amines) is 1. The smallest absolute Gasteiger partial charge is 0.0710 e. The van der Waals surface area contributed by atoms with Gasteiger partial charge in [0.25, 0.3) is 0 Å². The van der Waals surface area contributed by atoms with Gasteiger partial charge in [-0.05, 0) is 31.8 Å². The van der Waals surface area contributed by atoms with Gasteiger partial charge in [0.15, 0.2) is 0 Å². The van der Waals surface area contributed by atoms with Crippen LogP contribution in [0.15, 0.2) is 0 Å². The van der Waals surface area contributed by atoms with E-state index in [-0.39, 0.29) is 0 Å². The third-order valence-electron chi connectivity index (χ3n) is 3.05. The summed E-state index contributed by atoms with van der Waals surface area (Å²) in [6.45, 7) is 10.3. The van der Waals surface area contributed by atoms with E-state index in [1.54, 1.807) is 0 Å². The predicted octanol–water partition coefficient (Wildman–Crippen LogP) is 1.34. The second-order valence-electron chi connectivity index (χ2n) is 4.72. The van der Waals surface area contributed by atoms with Crippen LogP contribution in [0, 0.1) is 5.92 Å². The average molecular weight is 214 g/mol. The molecule has 1 fully saturated rings. The molecule has 1 aliphatic rings. The predicted molar refractivity (Wildman–Crippen MR) is 64.2 cm³/mol. The summed E-state index contributed by atoms with van der Waals surface area (Å²) < 4.78 is 5.36. The molecule has 1 aliphatic heterocycles. The lowest BCUT2D eigenvalue weighted by molar-refractivity contribution is 0.106. The Morgan fingerprint density at radius 2 is 2.33 bits per heavy atom. The van der Waals surface area contributed by atoms with Gasteiger partial charge in [-0.25, -0.2) is 0 Å². The highest BCUT2D eigenvalue weighted by atomic mass is 16.5. The van der Waals surface area contributed by atoms with Crippen LogP contribution >= 0.6 is 0 Å². The first-order valence-electron chi connectivity index (χ1n) is 6.22. The van der Waals surface area contributed by atoms with Gasteiger partial charge in [0.2, 0.25) is 0 Å². The number of nitrogens with zero attached hydrogens (tertiary/aromatic N) is 1. The molecule has 1 N–H and O–H groups in total. The molecular weight excluding hydrogens is 188 g/mol. The zero-order valence-corrected chi connectivity index (χ0v) is 10.5. The van der Waals surface area contributed by atoms with Gasteiger partial charge >= 0.3 is 0 Å². The Morgan fingerprint density at radius 1 is 1.53 bits per heavy atom. The zero-order valence-electron chi connectivity index (χ0n) is 10.5. The van der Waals surface area contributed by atoms with Gasteiger partial charge in [-0.1, -0.05) is 13.8 Å². The molecule has 3 nitrogen and oxygen atoms in total. The highest BCUT2D eigenvalue weighted by Gasteiger charge is 2.22. The van der Waals surface area contributed by atoms with Crippen LogP contribution in [0.1, 0.15) is 26.7 Å². The van der Waals surface area contributed by atoms with E-state index in [0.717, 1.165) is 25.6 Å². The zero-order chi connectivity index (χ0) is 11.1. The van der Waals surface area contributed by atoms with Crippen molar-refractivity contribution in [3.05, 3.63) is 0 Å². The summed E-state index contributed by atoms with van der Waals surface area (Å²) in [5.74, 6) is 0.743. The van der Waals surface area contributed by atoms with Crippen molar-refractivity contribution in [2.45, 2.75) is 32.8 Å². The summed E-state index contributed by atoms with van der Waals surface area (Å²) in [5.41, 5.74) is 0. The van der Waals surface area contributed by atoms with Gasteiger partial charge in [0.1, 0.15) is 0 Å². The lowest BCUT2D eigenvalue weighted by atomic mass is 10.1. The average Bonchev–Trinajstić information content (AvgIpc) is 2.66. The quantitative estimate of drug-likeness (QED) is 0.647. The van der Waals surface area contributed by atoms with Gasteiger partial charge in [0.05, 0.1) is 6.10 Å². The molecule has 3 heteroatoms. The molecule has 0 bridgehead atoms. The van der Waals surface area contributed by atoms with E-state index in [1.807, 2.05) is 7.11 Å². The van der Waals surface area contributed by atoms with Crippen LogP contribution < -0.4 is 5.32 Å². The molecule has 0 aromatic heterocycles. The minimum Gasteiger partial charge on any atom is -0.380 e. The molecule has 1 saturated heterocycles. The third-order valence-corrected chi connectivity index (χ3v) is 3.05. The van der Waals surface area contributed by atoms with Gasteiger partial charge in [-0.15, -0.1) is 0 Å². The normalized spacial score (nSPS) is 24.6. The van der Waals surface area contributed by atoms with E-state index in [0.29, 0.717) is 6.10 Å². The standard InChI is InChI=1S/C12H26N2O/c1-4-6-13-8-11(2)9-14-7-5-12(10-14)15-3/h11-13H,4-10H2,1-3H3. The van der Waals surface area contributed by atoms with E-state index >= 15 is 0 Å². The lowest BCUT2D eigenvalue weighted by Gasteiger charge is -2.20. The number of rotatable bonds is 7. The van der Waals surface area contributed by atoms with Crippen molar-refractivity contribution in [1.82, 2.24) is 10.2 Å². The highest BCUT2D eigenvalue weighted by molar-refractivity contribution is 4.77. The Hall–Kier alpha value is -0.120. The second-order valence-corrected chi connectivity index (χ2v) is 4.72. The fourth-order valence-corrected chi connectivity index (χ4v) is 2.19. The van der Waals surface area contributed by atoms with Crippen LogP contribution in [0.3, 0.4) is 0 Å². The molecule has 90 valence electrons. The molecule has 15 heavy (non-hydrogen) atoms. The van der Waals surface area contributed by atoms with E-state index in [9.17, 15) is 0 Å². The number of methoxy groups -OCH3 is 1. The van der Waals surface area contributed by atoms with Crippen molar-refractivity contribution >= 4 is 0 Å². The summed E-state index contributed by atoms with van der Waals surface area (Å²) >= 11 is 0. The molecule has 2 unspecified atom stereocenters. The number of nitrogens with one attached hydrogen (secondary N) is 1. The molecule has 0 aliphatic carbocycles. The fourth-order valence-electron chi connectivity index (χ4n) is 2.19. The fraction of sp³-hybridized carbons (Fsp3) is 1.00. The van der Waals surface area contributed by atoms with Crippen LogP contribution in [-0.4, -0.2) is 50.8 Å². The maximum Gasteiger partial charge on any atom is 0.0710 e. The monoisotopic (exact) mass is 214 g/mol. The SMILES string of the molecule is CCCNCC(C)CN1CCC(OC)C1. The molecule has 1 rings (SSSR count). The van der Waals surface area contributed by atoms with Crippen molar-refractivity contribution < 1.29 is 4.74 Å². The molecule has 0 spiro atoms. The molecule has 0 aromatic carbocycles. The second kappa shape index (κ2) is 7.20. The lowest BCUT2D eigenvalue weighted by Crippen LogP contribution is -2.33. The number of ether oxygens (including phenoxy) is 1. The Bertz CT molecular complexity index is 164. The minimum atomic E-state index is 0.473. The van der Waals surface area contributed by atoms with Crippen LogP contribution in [0.5, 0.6) is 0 Å². The van der Waals surface area contributed by atoms with E-state index < -0.39 is 0 Å². The molecule has 2 atom stereocenters. The minimum absolute atomic E-state index is 0.473. The van der Waals surface area contributed by atoms with Crippen LogP contribution in [0.25, 0.3) is 0 Å². The van der Waals surface area contributed by atoms with Crippen molar-refractivity contribution in [3.63, 3.8) is 0 Å². The molecule has 0 amide bonds. The first-order valence-corrected chi connectivity index (χ1v) is 6.22. The van der Waals surface area contributed by atoms with Gasteiger partial charge < -0.3 is 15.0 Å². The summed E-state index contributed by atoms with van der Waals surface area (Å²) in [6, 6.07) is 0. The largest absolute Gasteiger partial charge is 0.380 e. The molecule has 0 aromatic rings. The Kier molecular flexibility index (Phi) is 6.22. The Labute approximate surface area is 94.2 Å². The van der Waals surface area contributed by atoms with E-state index in [2.05, 4.69) is 24.1 Å². The molecule has 1 heterocycles. The van der Waals surface area contributed by atoms with E-state index in [4.69, 9.17) is 4.74 Å². The summed E-state index contributed by atoms with van der Waals surface area (Å²) in [6.07, 6.45) is 2.90. The van der Waals surface area contributed by atoms with Crippen molar-refractivity contribution in [2.75, 3.05) is 39.8 Å². The first kappa shape index (κ1) is 12.9. The highest BCUT2D eigenvalue weighted by Crippen LogP contribution is 2.13. The van der Waals surface area contributed by atoms with Crippen LogP contribution in [0.2, 0.25) is 0 Å². The maximum atomic E-state index is 5.36. The Morgan fingerprint density at radius 3 is 2.93 bits per heavy atom. The number of hydrogen-bond donors (Lipinski definition) is 1. The summed E-state index contributed by atoms with van der Waals surface area (Å²) in [7, 11) is 1.82. The topological polar surface area (TPSA) is 24.5 Å². The number of hydrogen-bond acceptors (Lipinski definition) is 3. The van der Waals surface area contributed by atoms with Crippen molar-refractivity contribution in [3.8, 4) is 0 Å². The van der Waals surface area contributed by atoms with Crippen LogP contribution in [0.4, 0.5) is 0 Å². The summed E-state index contributed by atoms with van der Waals surface area (Å²) in [4.78, 5) is 2.52. The molecule has 0 saturated carbocycles. The van der Waals surface area contributed by atoms with Crippen LogP contribution in [-0.2, 0) is 4.74 Å².